The molecular weight excluding hydrogens is 260 g/mol. The number of phenolic OH excluding ortho intramolecular Hbond substituents is 1. The second-order valence-corrected chi connectivity index (χ2v) is 7.51. The number of anilines is 1. The smallest absolute Gasteiger partial charge is 0.122 e. The van der Waals surface area contributed by atoms with Crippen molar-refractivity contribution in [3.05, 3.63) is 23.8 Å². The minimum absolute atomic E-state index is 0.131. The second-order valence-electron chi connectivity index (χ2n) is 7.51. The number of hydrogen-bond donors (Lipinski definition) is 2. The van der Waals surface area contributed by atoms with Crippen LogP contribution < -0.4 is 10.6 Å². The van der Waals surface area contributed by atoms with Gasteiger partial charge in [-0.05, 0) is 43.6 Å². The van der Waals surface area contributed by atoms with Gasteiger partial charge in [-0.2, -0.15) is 0 Å². The highest BCUT2D eigenvalue weighted by Gasteiger charge is 2.27. The average Bonchev–Trinajstić information content (AvgIpc) is 2.63. The Balaban J connectivity index is 2.11. The van der Waals surface area contributed by atoms with Gasteiger partial charge >= 0.3 is 0 Å². The van der Waals surface area contributed by atoms with Crippen LogP contribution in [0.5, 0.6) is 5.75 Å². The first-order chi connectivity index (χ1) is 9.79. The molecule has 0 spiro atoms. The molecule has 3 heteroatoms. The number of nitrogens with two attached hydrogens (primary N) is 1. The number of benzene rings is 1. The van der Waals surface area contributed by atoms with Crippen molar-refractivity contribution in [2.45, 2.75) is 53.0 Å². The molecule has 0 bridgehead atoms. The summed E-state index contributed by atoms with van der Waals surface area (Å²) >= 11 is 0. The van der Waals surface area contributed by atoms with E-state index in [-0.39, 0.29) is 6.04 Å². The third kappa shape index (κ3) is 3.91. The maximum absolute atomic E-state index is 10.1. The third-order valence-electron chi connectivity index (χ3n) is 4.82. The van der Waals surface area contributed by atoms with Crippen LogP contribution in [-0.4, -0.2) is 18.2 Å². The van der Waals surface area contributed by atoms with E-state index in [2.05, 4.69) is 31.7 Å². The SMILES string of the molecule is CC(N)c1ccc(N2CCCC(C(C)(C)C)CC2)cc1O. The maximum atomic E-state index is 10.1. The van der Waals surface area contributed by atoms with E-state index in [0.717, 1.165) is 30.3 Å². The van der Waals surface area contributed by atoms with Gasteiger partial charge in [0.15, 0.2) is 0 Å². The molecule has 3 N–H and O–H groups in total. The van der Waals surface area contributed by atoms with Gasteiger partial charge in [-0.15, -0.1) is 0 Å². The molecule has 21 heavy (non-hydrogen) atoms. The average molecular weight is 290 g/mol. The highest BCUT2D eigenvalue weighted by molar-refractivity contribution is 5.54. The fourth-order valence-corrected chi connectivity index (χ4v) is 3.33. The van der Waals surface area contributed by atoms with Crippen molar-refractivity contribution in [3.8, 4) is 5.75 Å². The Hall–Kier alpha value is -1.22. The zero-order chi connectivity index (χ0) is 15.6. The summed E-state index contributed by atoms with van der Waals surface area (Å²) in [4.78, 5) is 2.40. The first kappa shape index (κ1) is 16.2. The summed E-state index contributed by atoms with van der Waals surface area (Å²) in [5, 5.41) is 10.1. The monoisotopic (exact) mass is 290 g/mol. The van der Waals surface area contributed by atoms with Crippen molar-refractivity contribution in [1.82, 2.24) is 0 Å². The summed E-state index contributed by atoms with van der Waals surface area (Å²) < 4.78 is 0. The molecule has 1 aliphatic rings. The van der Waals surface area contributed by atoms with Gasteiger partial charge in [0.05, 0.1) is 0 Å². The second kappa shape index (κ2) is 6.27. The molecule has 2 unspecified atom stereocenters. The standard InChI is InChI=1S/C18H30N2O/c1-13(19)16-8-7-15(12-17(16)21)20-10-5-6-14(9-11-20)18(2,3)4/h7-8,12-14,21H,5-6,9-11,19H2,1-4H3. The van der Waals surface area contributed by atoms with E-state index in [0.29, 0.717) is 11.2 Å². The zero-order valence-electron chi connectivity index (χ0n) is 13.9. The molecule has 0 aromatic heterocycles. The molecule has 2 rings (SSSR count). The topological polar surface area (TPSA) is 49.5 Å². The van der Waals surface area contributed by atoms with Gasteiger partial charge in [-0.3, -0.25) is 0 Å². The van der Waals surface area contributed by atoms with Crippen molar-refractivity contribution < 1.29 is 5.11 Å². The van der Waals surface area contributed by atoms with Gasteiger partial charge < -0.3 is 15.7 Å². The van der Waals surface area contributed by atoms with Crippen LogP contribution in [0.4, 0.5) is 5.69 Å². The summed E-state index contributed by atoms with van der Waals surface area (Å²) in [6, 6.07) is 5.79. The first-order valence-electron chi connectivity index (χ1n) is 8.12. The van der Waals surface area contributed by atoms with Crippen LogP contribution in [0.15, 0.2) is 18.2 Å². The van der Waals surface area contributed by atoms with Crippen LogP contribution >= 0.6 is 0 Å². The van der Waals surface area contributed by atoms with Crippen LogP contribution in [0.1, 0.15) is 58.6 Å². The van der Waals surface area contributed by atoms with E-state index < -0.39 is 0 Å². The Bertz CT molecular complexity index is 477. The fourth-order valence-electron chi connectivity index (χ4n) is 3.33. The van der Waals surface area contributed by atoms with Gasteiger partial charge in [0.25, 0.3) is 0 Å². The van der Waals surface area contributed by atoms with Crippen molar-refractivity contribution >= 4 is 5.69 Å². The van der Waals surface area contributed by atoms with Crippen LogP contribution in [0.2, 0.25) is 0 Å². The maximum Gasteiger partial charge on any atom is 0.122 e. The van der Waals surface area contributed by atoms with E-state index in [9.17, 15) is 5.11 Å². The Morgan fingerprint density at radius 1 is 1.24 bits per heavy atom. The number of hydrogen-bond acceptors (Lipinski definition) is 3. The Labute approximate surface area is 129 Å². The van der Waals surface area contributed by atoms with Crippen LogP contribution in [0.25, 0.3) is 0 Å². The number of phenols is 1. The summed E-state index contributed by atoms with van der Waals surface area (Å²) in [6.07, 6.45) is 3.74. The summed E-state index contributed by atoms with van der Waals surface area (Å²) in [5.74, 6) is 1.10. The normalized spacial score (nSPS) is 22.0. The summed E-state index contributed by atoms with van der Waals surface area (Å²) in [6.45, 7) is 11.1. The van der Waals surface area contributed by atoms with Gasteiger partial charge in [-0.1, -0.05) is 26.8 Å². The molecule has 1 saturated heterocycles. The molecule has 3 nitrogen and oxygen atoms in total. The van der Waals surface area contributed by atoms with E-state index in [4.69, 9.17) is 5.73 Å². The lowest BCUT2D eigenvalue weighted by Gasteiger charge is -2.30. The zero-order valence-corrected chi connectivity index (χ0v) is 13.9. The molecule has 1 aliphatic heterocycles. The lowest BCUT2D eigenvalue weighted by Crippen LogP contribution is -2.26. The molecule has 1 aromatic rings. The number of aromatic hydroxyl groups is 1. The first-order valence-corrected chi connectivity index (χ1v) is 8.12. The molecule has 0 radical (unpaired) electrons. The van der Waals surface area contributed by atoms with Crippen LogP contribution in [0.3, 0.4) is 0 Å². The molecule has 118 valence electrons. The van der Waals surface area contributed by atoms with Gasteiger partial charge in [0.2, 0.25) is 0 Å². The van der Waals surface area contributed by atoms with Crippen molar-refractivity contribution in [2.75, 3.05) is 18.0 Å². The van der Waals surface area contributed by atoms with Crippen molar-refractivity contribution in [1.29, 1.82) is 0 Å². The summed E-state index contributed by atoms with van der Waals surface area (Å²) in [5.41, 5.74) is 8.18. The molecular formula is C18H30N2O. The molecule has 0 saturated carbocycles. The molecule has 0 aliphatic carbocycles. The van der Waals surface area contributed by atoms with Gasteiger partial charge in [0, 0.05) is 36.4 Å². The lowest BCUT2D eigenvalue weighted by molar-refractivity contribution is 0.220. The Kier molecular flexibility index (Phi) is 4.82. The lowest BCUT2D eigenvalue weighted by atomic mass is 9.77. The molecule has 0 amide bonds. The Morgan fingerprint density at radius 2 is 1.95 bits per heavy atom. The van der Waals surface area contributed by atoms with Crippen LogP contribution in [0, 0.1) is 11.3 Å². The quantitative estimate of drug-likeness (QED) is 0.863. The molecule has 1 aromatic carbocycles. The van der Waals surface area contributed by atoms with Gasteiger partial charge in [0.1, 0.15) is 5.75 Å². The Morgan fingerprint density at radius 3 is 2.52 bits per heavy atom. The van der Waals surface area contributed by atoms with Gasteiger partial charge in [-0.25, -0.2) is 0 Å². The minimum atomic E-state index is -0.131. The fraction of sp³-hybridized carbons (Fsp3) is 0.667. The molecule has 1 heterocycles. The summed E-state index contributed by atoms with van der Waals surface area (Å²) in [7, 11) is 0. The van der Waals surface area contributed by atoms with E-state index in [1.165, 1.54) is 19.3 Å². The highest BCUT2D eigenvalue weighted by Crippen LogP contribution is 2.36. The number of nitrogens with zero attached hydrogens (tertiary/aromatic N) is 1. The van der Waals surface area contributed by atoms with Crippen LogP contribution in [-0.2, 0) is 0 Å². The minimum Gasteiger partial charge on any atom is -0.508 e. The number of rotatable bonds is 2. The van der Waals surface area contributed by atoms with Crippen molar-refractivity contribution in [2.24, 2.45) is 17.1 Å². The largest absolute Gasteiger partial charge is 0.508 e. The van der Waals surface area contributed by atoms with E-state index >= 15 is 0 Å². The van der Waals surface area contributed by atoms with E-state index in [1.54, 1.807) is 0 Å². The van der Waals surface area contributed by atoms with Crippen molar-refractivity contribution in [3.63, 3.8) is 0 Å². The third-order valence-corrected chi connectivity index (χ3v) is 4.82. The predicted molar refractivity (Wildman–Crippen MR) is 89.7 cm³/mol. The predicted octanol–water partition coefficient (Wildman–Crippen LogP) is 4.06. The molecule has 1 fully saturated rings. The molecule has 2 atom stereocenters. The highest BCUT2D eigenvalue weighted by atomic mass is 16.3. The van der Waals surface area contributed by atoms with E-state index in [1.807, 2.05) is 19.1 Å².